The summed E-state index contributed by atoms with van der Waals surface area (Å²) in [5.74, 6) is 9.99. The Morgan fingerprint density at radius 1 is 0.346 bits per heavy atom. The molecule has 0 bridgehead atoms. The normalized spacial score (nSPS) is 53.6. The van der Waals surface area contributed by atoms with E-state index in [-0.39, 0.29) is 0 Å². The van der Waals surface area contributed by atoms with Gasteiger partial charge in [0.2, 0.25) is 0 Å². The third-order valence-corrected chi connectivity index (χ3v) is 18.2. The van der Waals surface area contributed by atoms with Crippen LogP contribution >= 0.6 is 0 Å². The highest BCUT2D eigenvalue weighted by Crippen LogP contribution is 2.58. The minimum atomic E-state index is -0.827. The Balaban J connectivity index is 1.02. The molecule has 0 saturated heterocycles. The van der Waals surface area contributed by atoms with E-state index in [0.29, 0.717) is 73.0 Å². The Hall–Kier alpha value is -1.14. The number of carboxylic acids is 2. The molecule has 0 amide bonds. The van der Waals surface area contributed by atoms with Crippen molar-refractivity contribution in [2.75, 3.05) is 0 Å². The van der Waals surface area contributed by atoms with Gasteiger partial charge in [-0.15, -0.1) is 0 Å². The molecule has 6 nitrogen and oxygen atoms in total. The van der Waals surface area contributed by atoms with Crippen molar-refractivity contribution < 1.29 is 30.0 Å². The molecule has 0 radical (unpaired) electrons. The van der Waals surface area contributed by atoms with Gasteiger partial charge in [-0.2, -0.15) is 0 Å². The second kappa shape index (κ2) is 16.5. The van der Waals surface area contributed by atoms with Crippen molar-refractivity contribution in [2.45, 2.75) is 157 Å². The third kappa shape index (κ3) is 8.20. The summed E-state index contributed by atoms with van der Waals surface area (Å²) in [7, 11) is 0. The van der Waals surface area contributed by atoms with Crippen LogP contribution in [-0.4, -0.2) is 44.6 Å². The van der Waals surface area contributed by atoms with Gasteiger partial charge in [-0.1, -0.05) is 55.4 Å². The van der Waals surface area contributed by atoms with Gasteiger partial charge in [-0.05, 0) is 196 Å². The third-order valence-electron chi connectivity index (χ3n) is 18.2. The van der Waals surface area contributed by atoms with Crippen LogP contribution in [0.25, 0.3) is 0 Å². The van der Waals surface area contributed by atoms with Gasteiger partial charge in [0.05, 0.1) is 24.0 Å². The van der Waals surface area contributed by atoms with Crippen molar-refractivity contribution >= 4 is 11.9 Å². The van der Waals surface area contributed by atoms with E-state index in [2.05, 4.69) is 55.4 Å². The average molecular weight is 727 g/mol. The molecule has 6 saturated carbocycles. The Labute approximate surface area is 317 Å². The lowest BCUT2D eigenvalue weighted by molar-refractivity contribution is -0.150. The highest BCUT2D eigenvalue weighted by atomic mass is 16.4. The molecule has 0 aromatic heterocycles. The molecule has 22 atom stereocenters. The van der Waals surface area contributed by atoms with Crippen molar-refractivity contribution in [1.29, 1.82) is 0 Å². The maximum atomic E-state index is 11.6. The monoisotopic (exact) mass is 727 g/mol. The fraction of sp³-hybridized carbons (Fsp3) is 0.957. The van der Waals surface area contributed by atoms with Crippen LogP contribution in [-0.2, 0) is 9.59 Å². The fourth-order valence-corrected chi connectivity index (χ4v) is 15.3. The maximum Gasteiger partial charge on any atom is 0.309 e. The second-order valence-electron chi connectivity index (χ2n) is 21.2. The molecule has 0 aliphatic heterocycles. The van der Waals surface area contributed by atoms with E-state index in [0.717, 1.165) is 72.0 Å². The zero-order valence-corrected chi connectivity index (χ0v) is 34.2. The molecule has 0 heterocycles. The molecule has 22 unspecified atom stereocenters. The Morgan fingerprint density at radius 3 is 0.769 bits per heavy atom. The molecular weight excluding hydrogens is 649 g/mol. The number of aliphatic carboxylic acids is 2. The summed E-state index contributed by atoms with van der Waals surface area (Å²) in [4.78, 5) is 23.2. The zero-order chi connectivity index (χ0) is 37.8. The summed E-state index contributed by atoms with van der Waals surface area (Å²) >= 11 is 0. The predicted octanol–water partition coefficient (Wildman–Crippen LogP) is 9.90. The first-order valence-corrected chi connectivity index (χ1v) is 22.4. The minimum Gasteiger partial charge on any atom is -0.481 e. The SMILES string of the molecule is CC1CC(C2CC(C)C(C3CC(C)C(C4CC(C)C(C5CCC(C(=O)O)C(O)C5)CC4C)CC3C)CC2C)C(C)CC1C1CCC(C(=O)O)C(O)C1. The van der Waals surface area contributed by atoms with E-state index in [9.17, 15) is 30.0 Å². The maximum absolute atomic E-state index is 11.6. The predicted molar refractivity (Wildman–Crippen MR) is 207 cm³/mol. The van der Waals surface area contributed by atoms with Gasteiger partial charge in [-0.25, -0.2) is 0 Å². The summed E-state index contributed by atoms with van der Waals surface area (Å²) in [6.07, 6.45) is 13.8. The van der Waals surface area contributed by atoms with Crippen LogP contribution in [0.4, 0.5) is 0 Å². The summed E-state index contributed by atoms with van der Waals surface area (Å²) in [6.45, 7) is 20.3. The number of hydrogen-bond donors (Lipinski definition) is 4. The van der Waals surface area contributed by atoms with Crippen molar-refractivity contribution in [1.82, 2.24) is 0 Å². The second-order valence-corrected chi connectivity index (χ2v) is 21.2. The van der Waals surface area contributed by atoms with Gasteiger partial charge in [0.15, 0.2) is 0 Å². The fourth-order valence-electron chi connectivity index (χ4n) is 15.3. The van der Waals surface area contributed by atoms with Gasteiger partial charge < -0.3 is 20.4 Å². The number of rotatable bonds is 7. The molecule has 6 fully saturated rings. The van der Waals surface area contributed by atoms with E-state index in [1.165, 1.54) is 51.4 Å². The van der Waals surface area contributed by atoms with E-state index in [1.807, 2.05) is 0 Å². The Kier molecular flexibility index (Phi) is 12.9. The Morgan fingerprint density at radius 2 is 0.558 bits per heavy atom. The smallest absolute Gasteiger partial charge is 0.309 e. The van der Waals surface area contributed by atoms with E-state index in [1.54, 1.807) is 0 Å². The van der Waals surface area contributed by atoms with Crippen LogP contribution in [0, 0.1) is 118 Å². The van der Waals surface area contributed by atoms with Crippen molar-refractivity contribution in [3.63, 3.8) is 0 Å². The summed E-state index contributed by atoms with van der Waals surface area (Å²) < 4.78 is 0. The molecule has 6 aliphatic carbocycles. The first-order valence-electron chi connectivity index (χ1n) is 22.4. The molecule has 6 heteroatoms. The number of hydrogen-bond acceptors (Lipinski definition) is 4. The number of carbonyl (C=O) groups is 2. The topological polar surface area (TPSA) is 115 Å². The van der Waals surface area contributed by atoms with Crippen LogP contribution in [0.15, 0.2) is 0 Å². The molecule has 0 aromatic rings. The largest absolute Gasteiger partial charge is 0.481 e. The molecule has 6 rings (SSSR count). The molecular formula is C46H78O6. The summed E-state index contributed by atoms with van der Waals surface area (Å²) in [6, 6.07) is 0. The zero-order valence-electron chi connectivity index (χ0n) is 34.2. The summed E-state index contributed by atoms with van der Waals surface area (Å²) in [5, 5.41) is 40.4. The van der Waals surface area contributed by atoms with Crippen LogP contribution in [0.2, 0.25) is 0 Å². The first-order chi connectivity index (χ1) is 24.5. The van der Waals surface area contributed by atoms with Gasteiger partial charge >= 0.3 is 11.9 Å². The lowest BCUT2D eigenvalue weighted by atomic mass is 9.51. The van der Waals surface area contributed by atoms with Crippen LogP contribution < -0.4 is 0 Å². The lowest BCUT2D eigenvalue weighted by Crippen LogP contribution is -2.47. The van der Waals surface area contributed by atoms with E-state index < -0.39 is 36.0 Å². The molecule has 52 heavy (non-hydrogen) atoms. The molecule has 0 spiro atoms. The molecule has 298 valence electrons. The van der Waals surface area contributed by atoms with Crippen molar-refractivity contribution in [3.8, 4) is 0 Å². The van der Waals surface area contributed by atoms with E-state index >= 15 is 0 Å². The minimum absolute atomic E-state index is 0.468. The van der Waals surface area contributed by atoms with Crippen LogP contribution in [0.5, 0.6) is 0 Å². The quantitative estimate of drug-likeness (QED) is 0.208. The van der Waals surface area contributed by atoms with Gasteiger partial charge in [0.25, 0.3) is 0 Å². The highest BCUT2D eigenvalue weighted by Gasteiger charge is 2.50. The van der Waals surface area contributed by atoms with Gasteiger partial charge in [-0.3, -0.25) is 9.59 Å². The average Bonchev–Trinajstić information content (AvgIpc) is 3.08. The molecule has 6 aliphatic rings. The lowest BCUT2D eigenvalue weighted by Gasteiger charge is -2.54. The standard InChI is InChI=1S/C46H78O6/c1-23-15-37(25(3)13-35(23)31-9-11-33(45(49)50)43(47)21-31)39-17-29(7)41(19-27(39)5)42-20-28(6)40(18-30(42)8)38-16-24(2)36(14-26(38)4)32-10-12-34(46(51)52)44(48)22-32/h23-44,47-48H,9-22H2,1-8H3,(H,49,50)(H,51,52). The summed E-state index contributed by atoms with van der Waals surface area (Å²) in [5.41, 5.74) is 0. The van der Waals surface area contributed by atoms with Gasteiger partial charge in [0, 0.05) is 0 Å². The van der Waals surface area contributed by atoms with Crippen molar-refractivity contribution in [2.24, 2.45) is 118 Å². The van der Waals surface area contributed by atoms with E-state index in [4.69, 9.17) is 0 Å². The molecule has 0 aromatic carbocycles. The van der Waals surface area contributed by atoms with Crippen molar-refractivity contribution in [3.05, 3.63) is 0 Å². The number of aliphatic hydroxyl groups is 2. The molecule has 4 N–H and O–H groups in total. The number of aliphatic hydroxyl groups excluding tert-OH is 2. The highest BCUT2D eigenvalue weighted by molar-refractivity contribution is 5.71. The first kappa shape index (κ1) is 40.5. The van der Waals surface area contributed by atoms with Gasteiger partial charge in [0.1, 0.15) is 0 Å². The van der Waals surface area contributed by atoms with Crippen LogP contribution in [0.1, 0.15) is 145 Å². The Bertz CT molecular complexity index is 1130. The van der Waals surface area contributed by atoms with Crippen LogP contribution in [0.3, 0.4) is 0 Å². The number of carboxylic acid groups (broad SMARTS) is 2.